The molecule has 11 heteroatoms. The zero-order chi connectivity index (χ0) is 26.0. The van der Waals surface area contributed by atoms with E-state index in [1.165, 1.54) is 55.2 Å². The van der Waals surface area contributed by atoms with Gasteiger partial charge in [0.15, 0.2) is 6.61 Å². The number of β-lactam (4-membered cyclic amide) rings is 1. The second-order valence-corrected chi connectivity index (χ2v) is 11.3. The number of aliphatic carboxylic acids is 1. The standard InChI is InChI=1S/C16H18N2O5S.2C5H10O.K/c1-16(2)12(15(21)22)18-13(20)11(14(18)24-16)17-10(19)8-23-9-6-4-3-5-7-9;2*1-2-4-6-5-3-1;/h3-7,11-12,14H,8H2,1-2H3,(H,17,19)(H,21,22);2*1-5H2;/q;;;+1/p-1/t11-,12+,14-;;;/m1.../s1. The smallest absolute Gasteiger partial charge is 0.548 e. The molecule has 4 aliphatic heterocycles. The number of amides is 2. The molecule has 0 saturated carbocycles. The summed E-state index contributed by atoms with van der Waals surface area (Å²) in [4.78, 5) is 36.8. The van der Waals surface area contributed by atoms with E-state index in [1.807, 2.05) is 6.07 Å². The van der Waals surface area contributed by atoms with Crippen molar-refractivity contribution in [1.29, 1.82) is 0 Å². The predicted octanol–water partition coefficient (Wildman–Crippen LogP) is -1.26. The van der Waals surface area contributed by atoms with Crippen LogP contribution in [0.3, 0.4) is 0 Å². The molecule has 1 aromatic carbocycles. The van der Waals surface area contributed by atoms with Crippen LogP contribution in [-0.4, -0.2) is 77.9 Å². The zero-order valence-electron chi connectivity index (χ0n) is 22.1. The number of hydrogen-bond acceptors (Lipinski definition) is 8. The SMILES string of the molecule is C1CCOCC1.C1CCOCC1.CC1(C)S[C@@H]2[C@H](NC(=O)COc3ccccc3)C(=O)N2[C@H]1C(=O)[O-].[K+]. The van der Waals surface area contributed by atoms with E-state index in [0.29, 0.717) is 5.75 Å². The second-order valence-electron chi connectivity index (χ2n) is 9.57. The van der Waals surface area contributed by atoms with E-state index in [1.54, 1.807) is 38.1 Å². The van der Waals surface area contributed by atoms with Gasteiger partial charge >= 0.3 is 51.4 Å². The number of fused-ring (bicyclic) bond motifs is 1. The third-order valence-electron chi connectivity index (χ3n) is 6.25. The van der Waals surface area contributed by atoms with Crippen LogP contribution in [0.25, 0.3) is 0 Å². The quantitative estimate of drug-likeness (QED) is 0.351. The number of nitrogens with one attached hydrogen (secondary N) is 1. The Morgan fingerprint density at radius 1 is 1.03 bits per heavy atom. The van der Waals surface area contributed by atoms with Crippen LogP contribution in [0.4, 0.5) is 0 Å². The number of rotatable bonds is 5. The number of ether oxygens (including phenoxy) is 3. The van der Waals surface area contributed by atoms with E-state index < -0.39 is 40.0 Å². The van der Waals surface area contributed by atoms with Crippen LogP contribution in [0.5, 0.6) is 5.75 Å². The van der Waals surface area contributed by atoms with Gasteiger partial charge in [-0.15, -0.1) is 11.8 Å². The molecule has 1 N–H and O–H groups in total. The fourth-order valence-electron chi connectivity index (χ4n) is 4.38. The Morgan fingerprint density at radius 3 is 2.00 bits per heavy atom. The van der Waals surface area contributed by atoms with Gasteiger partial charge in [-0.05, 0) is 64.5 Å². The number of carboxylic acids is 1. The van der Waals surface area contributed by atoms with Gasteiger partial charge < -0.3 is 34.3 Å². The van der Waals surface area contributed by atoms with Gasteiger partial charge in [0.05, 0.1) is 12.0 Å². The van der Waals surface area contributed by atoms with E-state index in [0.717, 1.165) is 26.4 Å². The van der Waals surface area contributed by atoms with Crippen LogP contribution in [0, 0.1) is 0 Å². The molecule has 3 atom stereocenters. The molecule has 0 bridgehead atoms. The third kappa shape index (κ3) is 9.79. The molecule has 200 valence electrons. The fourth-order valence-corrected chi connectivity index (χ4v) is 6.00. The van der Waals surface area contributed by atoms with Crippen molar-refractivity contribution >= 4 is 29.5 Å². The Kier molecular flexibility index (Phi) is 14.5. The molecule has 4 aliphatic rings. The van der Waals surface area contributed by atoms with Crippen molar-refractivity contribution in [2.24, 2.45) is 0 Å². The van der Waals surface area contributed by atoms with E-state index in [2.05, 4.69) is 5.32 Å². The van der Waals surface area contributed by atoms with Gasteiger partial charge in [0.1, 0.15) is 17.2 Å². The van der Waals surface area contributed by atoms with Gasteiger partial charge in [0.25, 0.3) is 5.91 Å². The number of thioether (sulfide) groups is 1. The third-order valence-corrected chi connectivity index (χ3v) is 7.82. The first-order valence-electron chi connectivity index (χ1n) is 12.6. The van der Waals surface area contributed by atoms with Gasteiger partial charge in [0, 0.05) is 31.2 Å². The minimum atomic E-state index is -1.28. The van der Waals surface area contributed by atoms with Crippen LogP contribution >= 0.6 is 11.8 Å². The van der Waals surface area contributed by atoms with Gasteiger partial charge in [-0.1, -0.05) is 18.2 Å². The molecular weight excluding hydrogens is 523 g/mol. The number of carboxylic acid groups (broad SMARTS) is 1. The molecule has 0 spiro atoms. The number of carbonyl (C=O) groups is 3. The van der Waals surface area contributed by atoms with Crippen LogP contribution in [0.1, 0.15) is 52.4 Å². The summed E-state index contributed by atoms with van der Waals surface area (Å²) in [5.41, 5.74) is 0. The maximum Gasteiger partial charge on any atom is 1.00 e. The van der Waals surface area contributed by atoms with E-state index in [-0.39, 0.29) is 58.0 Å². The van der Waals surface area contributed by atoms with Crippen molar-refractivity contribution in [2.45, 2.75) is 74.6 Å². The number of carbonyl (C=O) groups excluding carboxylic acids is 3. The first kappa shape index (κ1) is 32.5. The van der Waals surface area contributed by atoms with E-state index in [9.17, 15) is 19.5 Å². The monoisotopic (exact) mass is 560 g/mol. The number of benzene rings is 1. The van der Waals surface area contributed by atoms with Crippen molar-refractivity contribution in [3.05, 3.63) is 30.3 Å². The van der Waals surface area contributed by atoms with Crippen molar-refractivity contribution in [3.8, 4) is 5.75 Å². The summed E-state index contributed by atoms with van der Waals surface area (Å²) in [6.07, 6.45) is 7.86. The van der Waals surface area contributed by atoms with E-state index >= 15 is 0 Å². The molecule has 4 fully saturated rings. The molecule has 4 saturated heterocycles. The average molecular weight is 561 g/mol. The molecule has 37 heavy (non-hydrogen) atoms. The number of hydrogen-bond donors (Lipinski definition) is 1. The molecular formula is C26H37KN2O7S. The topological polar surface area (TPSA) is 117 Å². The Bertz CT molecular complexity index is 831. The average Bonchev–Trinajstić information content (AvgIpc) is 3.17. The summed E-state index contributed by atoms with van der Waals surface area (Å²) < 4.78 is 14.8. The molecule has 2 amide bonds. The number of nitrogens with zero attached hydrogens (tertiary/aromatic N) is 1. The maximum atomic E-state index is 12.2. The van der Waals surface area contributed by atoms with Gasteiger partial charge in [0.2, 0.25) is 5.91 Å². The second kappa shape index (κ2) is 16.4. The summed E-state index contributed by atoms with van der Waals surface area (Å²) in [6.45, 7) is 7.29. The van der Waals surface area contributed by atoms with Crippen molar-refractivity contribution in [1.82, 2.24) is 10.2 Å². The summed E-state index contributed by atoms with van der Waals surface area (Å²) in [5, 5.41) is 13.5. The Hall–Kier alpha value is -0.664. The summed E-state index contributed by atoms with van der Waals surface area (Å²) in [7, 11) is 0. The largest absolute Gasteiger partial charge is 1.00 e. The maximum absolute atomic E-state index is 12.2. The molecule has 5 rings (SSSR count). The van der Waals surface area contributed by atoms with Gasteiger partial charge in [-0.25, -0.2) is 0 Å². The Balaban J connectivity index is 0.000000302. The normalized spacial score (nSPS) is 25.4. The Labute approximate surface area is 266 Å². The van der Waals surface area contributed by atoms with Crippen molar-refractivity contribution < 1.29 is 85.1 Å². The minimum Gasteiger partial charge on any atom is -0.548 e. The number of para-hydroxylation sites is 1. The molecule has 0 aromatic heterocycles. The molecule has 9 nitrogen and oxygen atoms in total. The molecule has 1 aromatic rings. The zero-order valence-corrected chi connectivity index (χ0v) is 26.0. The van der Waals surface area contributed by atoms with Crippen molar-refractivity contribution in [3.63, 3.8) is 0 Å². The minimum absolute atomic E-state index is 0. The van der Waals surface area contributed by atoms with Crippen LogP contribution in [0.15, 0.2) is 30.3 Å². The fraction of sp³-hybridized carbons (Fsp3) is 0.654. The first-order chi connectivity index (χ1) is 17.3. The molecule has 0 unspecified atom stereocenters. The van der Waals surface area contributed by atoms with Crippen LogP contribution in [-0.2, 0) is 23.9 Å². The summed E-state index contributed by atoms with van der Waals surface area (Å²) in [5.74, 6) is -1.55. The van der Waals surface area contributed by atoms with Crippen LogP contribution < -0.4 is 66.5 Å². The summed E-state index contributed by atoms with van der Waals surface area (Å²) >= 11 is 1.35. The van der Waals surface area contributed by atoms with Crippen LogP contribution in [0.2, 0.25) is 0 Å². The Morgan fingerprint density at radius 2 is 1.57 bits per heavy atom. The molecule has 0 radical (unpaired) electrons. The van der Waals surface area contributed by atoms with E-state index in [4.69, 9.17) is 14.2 Å². The molecule has 4 heterocycles. The molecule has 0 aliphatic carbocycles. The predicted molar refractivity (Wildman–Crippen MR) is 134 cm³/mol. The van der Waals surface area contributed by atoms with Gasteiger partial charge in [-0.3, -0.25) is 9.59 Å². The van der Waals surface area contributed by atoms with Gasteiger partial charge in [-0.2, -0.15) is 0 Å². The summed E-state index contributed by atoms with van der Waals surface area (Å²) in [6, 6.07) is 7.14. The van der Waals surface area contributed by atoms with Crippen molar-refractivity contribution in [2.75, 3.05) is 33.0 Å². The first-order valence-corrected chi connectivity index (χ1v) is 13.5.